The molecule has 2 aliphatic heterocycles. The van der Waals surface area contributed by atoms with E-state index < -0.39 is 10.2 Å². The highest BCUT2D eigenvalue weighted by molar-refractivity contribution is 7.86. The molecule has 0 saturated carbocycles. The van der Waals surface area contributed by atoms with Crippen molar-refractivity contribution >= 4 is 22.6 Å². The van der Waals surface area contributed by atoms with Crippen LogP contribution in [0.4, 0.5) is 0 Å². The summed E-state index contributed by atoms with van der Waals surface area (Å²) in [5.74, 6) is 0. The molecule has 1 atom stereocenters. The molecule has 0 spiro atoms. The second-order valence-electron chi connectivity index (χ2n) is 4.96. The van der Waals surface area contributed by atoms with Gasteiger partial charge in [-0.2, -0.15) is 17.0 Å². The van der Waals surface area contributed by atoms with Crippen molar-refractivity contribution < 1.29 is 8.42 Å². The van der Waals surface area contributed by atoms with Crippen LogP contribution in [-0.2, 0) is 10.2 Å². The maximum atomic E-state index is 12.5. The van der Waals surface area contributed by atoms with Crippen LogP contribution in [0.2, 0.25) is 0 Å². The quantitative estimate of drug-likeness (QED) is 0.843. The number of hydrogen-bond acceptors (Lipinski definition) is 3. The minimum absolute atomic E-state index is 0. The largest absolute Gasteiger partial charge is 0.329 e. The molecule has 0 aliphatic carbocycles. The van der Waals surface area contributed by atoms with Crippen molar-refractivity contribution in [1.82, 2.24) is 8.61 Å². The molecule has 0 radical (unpaired) electrons. The molecule has 0 aromatic carbocycles. The molecule has 18 heavy (non-hydrogen) atoms. The number of nitrogens with zero attached hydrogens (tertiary/aromatic N) is 2. The third-order valence-electron chi connectivity index (χ3n) is 3.78. The molecule has 0 bridgehead atoms. The molecular weight excluding hydrogens is 274 g/mol. The number of nitrogens with two attached hydrogens (primary N) is 1. The number of hydrogen-bond donors (Lipinski definition) is 1. The van der Waals surface area contributed by atoms with Crippen molar-refractivity contribution in [3.63, 3.8) is 0 Å². The molecular formula is C11H24ClN3O2S. The topological polar surface area (TPSA) is 66.6 Å². The van der Waals surface area contributed by atoms with Crippen molar-refractivity contribution in [2.45, 2.75) is 44.6 Å². The zero-order valence-corrected chi connectivity index (χ0v) is 12.4. The van der Waals surface area contributed by atoms with Crippen LogP contribution in [-0.4, -0.2) is 49.2 Å². The predicted molar refractivity (Wildman–Crippen MR) is 75.0 cm³/mol. The van der Waals surface area contributed by atoms with E-state index in [0.29, 0.717) is 26.2 Å². The van der Waals surface area contributed by atoms with Gasteiger partial charge < -0.3 is 5.73 Å². The Labute approximate surface area is 116 Å². The van der Waals surface area contributed by atoms with E-state index in [1.807, 2.05) is 0 Å². The average Bonchev–Trinajstić information content (AvgIpc) is 2.63. The van der Waals surface area contributed by atoms with Gasteiger partial charge in [0, 0.05) is 32.2 Å². The molecule has 108 valence electrons. The van der Waals surface area contributed by atoms with E-state index in [1.54, 1.807) is 8.61 Å². The highest BCUT2D eigenvalue weighted by Crippen LogP contribution is 2.24. The van der Waals surface area contributed by atoms with Crippen LogP contribution in [0.15, 0.2) is 0 Å². The fourth-order valence-electron chi connectivity index (χ4n) is 2.77. The van der Waals surface area contributed by atoms with Gasteiger partial charge in [-0.05, 0) is 25.7 Å². The Kier molecular flexibility index (Phi) is 6.34. The molecule has 0 amide bonds. The fourth-order valence-corrected chi connectivity index (χ4v) is 4.71. The van der Waals surface area contributed by atoms with E-state index in [4.69, 9.17) is 5.73 Å². The van der Waals surface area contributed by atoms with Crippen molar-refractivity contribution in [2.24, 2.45) is 5.73 Å². The Morgan fingerprint density at radius 3 is 2.17 bits per heavy atom. The van der Waals surface area contributed by atoms with Crippen molar-refractivity contribution in [3.8, 4) is 0 Å². The third kappa shape index (κ3) is 3.36. The zero-order valence-electron chi connectivity index (χ0n) is 10.8. The summed E-state index contributed by atoms with van der Waals surface area (Å²) >= 11 is 0. The van der Waals surface area contributed by atoms with Crippen molar-refractivity contribution in [2.75, 3.05) is 26.2 Å². The summed E-state index contributed by atoms with van der Waals surface area (Å²) in [5, 5.41) is 0. The number of halogens is 1. The van der Waals surface area contributed by atoms with Gasteiger partial charge in [0.2, 0.25) is 0 Å². The van der Waals surface area contributed by atoms with Crippen LogP contribution in [0, 0.1) is 0 Å². The second kappa shape index (κ2) is 7.05. The van der Waals surface area contributed by atoms with Crippen LogP contribution in [0.5, 0.6) is 0 Å². The van der Waals surface area contributed by atoms with Gasteiger partial charge in [0.15, 0.2) is 0 Å². The fraction of sp³-hybridized carbons (Fsp3) is 1.00. The van der Waals surface area contributed by atoms with E-state index in [1.165, 1.54) is 0 Å². The summed E-state index contributed by atoms with van der Waals surface area (Å²) in [6, 6.07) is 0.0169. The molecule has 2 aliphatic rings. The molecule has 2 N–H and O–H groups in total. The molecule has 2 saturated heterocycles. The smallest absolute Gasteiger partial charge is 0.282 e. The predicted octanol–water partition coefficient (Wildman–Crippen LogP) is 0.952. The molecule has 2 rings (SSSR count). The minimum atomic E-state index is -3.26. The lowest BCUT2D eigenvalue weighted by Crippen LogP contribution is -2.48. The first-order valence-electron chi connectivity index (χ1n) is 6.63. The minimum Gasteiger partial charge on any atom is -0.329 e. The van der Waals surface area contributed by atoms with Crippen LogP contribution < -0.4 is 5.73 Å². The monoisotopic (exact) mass is 297 g/mol. The Balaban J connectivity index is 0.00000162. The van der Waals surface area contributed by atoms with Crippen LogP contribution in [0.3, 0.4) is 0 Å². The maximum Gasteiger partial charge on any atom is 0.282 e. The van der Waals surface area contributed by atoms with Gasteiger partial charge in [-0.25, -0.2) is 0 Å². The maximum absolute atomic E-state index is 12.5. The molecule has 2 fully saturated rings. The molecule has 7 heteroatoms. The Hall–Kier alpha value is 0.120. The third-order valence-corrected chi connectivity index (χ3v) is 5.87. The summed E-state index contributed by atoms with van der Waals surface area (Å²) in [6.45, 7) is 2.43. The normalized spacial score (nSPS) is 27.7. The van der Waals surface area contributed by atoms with Crippen LogP contribution in [0.25, 0.3) is 0 Å². The van der Waals surface area contributed by atoms with Gasteiger partial charge in [0.25, 0.3) is 10.2 Å². The van der Waals surface area contributed by atoms with Gasteiger partial charge in [-0.1, -0.05) is 12.8 Å². The van der Waals surface area contributed by atoms with Gasteiger partial charge in [0.1, 0.15) is 0 Å². The summed E-state index contributed by atoms with van der Waals surface area (Å²) in [5.41, 5.74) is 5.66. The highest BCUT2D eigenvalue weighted by atomic mass is 35.5. The van der Waals surface area contributed by atoms with Crippen LogP contribution >= 0.6 is 12.4 Å². The van der Waals surface area contributed by atoms with Gasteiger partial charge in [-0.15, -0.1) is 12.4 Å². The van der Waals surface area contributed by atoms with Crippen molar-refractivity contribution in [1.29, 1.82) is 0 Å². The lowest BCUT2D eigenvalue weighted by molar-refractivity contribution is 0.330. The Bertz CT molecular complexity index is 342. The van der Waals surface area contributed by atoms with E-state index in [-0.39, 0.29) is 18.4 Å². The van der Waals surface area contributed by atoms with Gasteiger partial charge in [0.05, 0.1) is 0 Å². The molecule has 0 aromatic rings. The number of rotatable bonds is 3. The molecule has 1 unspecified atom stereocenters. The summed E-state index contributed by atoms with van der Waals surface area (Å²) in [6.07, 6.45) is 6.11. The van der Waals surface area contributed by atoms with Gasteiger partial charge in [-0.3, -0.25) is 0 Å². The van der Waals surface area contributed by atoms with E-state index in [0.717, 1.165) is 38.5 Å². The first kappa shape index (κ1) is 16.2. The Morgan fingerprint density at radius 1 is 1.00 bits per heavy atom. The molecule has 5 nitrogen and oxygen atoms in total. The summed E-state index contributed by atoms with van der Waals surface area (Å²) < 4.78 is 28.3. The van der Waals surface area contributed by atoms with E-state index >= 15 is 0 Å². The lowest BCUT2D eigenvalue weighted by atomic mass is 10.2. The first-order chi connectivity index (χ1) is 8.16. The molecule has 0 aromatic heterocycles. The summed E-state index contributed by atoms with van der Waals surface area (Å²) in [4.78, 5) is 0. The summed E-state index contributed by atoms with van der Waals surface area (Å²) in [7, 11) is -3.26. The molecule has 2 heterocycles. The Morgan fingerprint density at radius 2 is 1.61 bits per heavy atom. The highest BCUT2D eigenvalue weighted by Gasteiger charge is 2.37. The first-order valence-corrected chi connectivity index (χ1v) is 8.03. The zero-order chi connectivity index (χ0) is 12.3. The van der Waals surface area contributed by atoms with Crippen LogP contribution in [0.1, 0.15) is 38.5 Å². The SMILES string of the molecule is Cl.NCC1CCCN1S(=O)(=O)N1CCCCCC1. The standard InChI is InChI=1S/C11H23N3O2S.ClH/c12-10-11-6-5-9-14(11)17(15,16)13-7-3-1-2-4-8-13;/h11H,1-10,12H2;1H. The van der Waals surface area contributed by atoms with E-state index in [9.17, 15) is 8.42 Å². The van der Waals surface area contributed by atoms with E-state index in [2.05, 4.69) is 0 Å². The van der Waals surface area contributed by atoms with Gasteiger partial charge >= 0.3 is 0 Å². The lowest BCUT2D eigenvalue weighted by Gasteiger charge is -2.29. The second-order valence-corrected chi connectivity index (χ2v) is 6.84. The van der Waals surface area contributed by atoms with Crippen molar-refractivity contribution in [3.05, 3.63) is 0 Å². The average molecular weight is 298 g/mol.